The molecule has 0 bridgehead atoms. The van der Waals surface area contributed by atoms with Crippen LogP contribution in [0, 0.1) is 19.8 Å². The van der Waals surface area contributed by atoms with Crippen LogP contribution < -0.4 is 11.5 Å². The first-order chi connectivity index (χ1) is 30.8. The predicted molar refractivity (Wildman–Crippen MR) is 278 cm³/mol. The van der Waals surface area contributed by atoms with Gasteiger partial charge in [-0.3, -0.25) is 0 Å². The maximum Gasteiger partial charge on any atom is 0.0316 e. The Morgan fingerprint density at radius 3 is 1.19 bits per heavy atom. The Labute approximate surface area is 388 Å². The summed E-state index contributed by atoms with van der Waals surface area (Å²) in [5.74, 6) is 1.44. The molecule has 1 aliphatic rings. The van der Waals surface area contributed by atoms with E-state index in [0.29, 0.717) is 17.8 Å². The van der Waals surface area contributed by atoms with Crippen molar-refractivity contribution in [3.05, 3.63) is 129 Å². The molecule has 0 aromatic heterocycles. The second-order valence-corrected chi connectivity index (χ2v) is 20.2. The molecule has 0 amide bonds. The van der Waals surface area contributed by atoms with Crippen LogP contribution in [-0.2, 0) is 5.41 Å². The molecule has 5 rings (SSSR count). The number of nitrogens with two attached hydrogens (primary N) is 2. The van der Waals surface area contributed by atoms with Crippen molar-refractivity contribution in [2.75, 3.05) is 11.5 Å². The van der Waals surface area contributed by atoms with Crippen molar-refractivity contribution in [2.24, 2.45) is 5.92 Å². The van der Waals surface area contributed by atoms with Crippen molar-refractivity contribution in [2.45, 2.75) is 232 Å². The number of unbranched alkanes of at least 4 members (excludes halogenated alkanes) is 17. The van der Waals surface area contributed by atoms with E-state index in [9.17, 15) is 0 Å². The van der Waals surface area contributed by atoms with Gasteiger partial charge in [-0.15, -0.1) is 0 Å². The fourth-order valence-electron chi connectivity index (χ4n) is 11.7. The van der Waals surface area contributed by atoms with Crippen LogP contribution in [0.1, 0.15) is 257 Å². The lowest BCUT2D eigenvalue weighted by molar-refractivity contribution is 0.220. The molecular weight excluding hydrogens is 761 g/mol. The van der Waals surface area contributed by atoms with E-state index in [1.807, 2.05) is 0 Å². The van der Waals surface area contributed by atoms with Gasteiger partial charge in [-0.2, -0.15) is 0 Å². The molecule has 0 saturated heterocycles. The molecule has 4 aromatic carbocycles. The van der Waals surface area contributed by atoms with Gasteiger partial charge in [-0.1, -0.05) is 229 Å². The maximum absolute atomic E-state index is 6.32. The van der Waals surface area contributed by atoms with Crippen LogP contribution >= 0.6 is 0 Å². The van der Waals surface area contributed by atoms with Crippen LogP contribution in [0.4, 0.5) is 11.4 Å². The third-order valence-electron chi connectivity index (χ3n) is 15.4. The number of rotatable bonds is 30. The molecule has 0 heterocycles. The lowest BCUT2D eigenvalue weighted by Gasteiger charge is -2.45. The molecule has 4 N–H and O–H groups in total. The van der Waals surface area contributed by atoms with E-state index >= 15 is 0 Å². The highest BCUT2D eigenvalue weighted by Crippen LogP contribution is 2.50. The highest BCUT2D eigenvalue weighted by atomic mass is 14.5. The minimum atomic E-state index is 0.0123. The fourth-order valence-corrected chi connectivity index (χ4v) is 11.7. The zero-order valence-corrected chi connectivity index (χ0v) is 41.3. The Morgan fingerprint density at radius 2 is 0.810 bits per heavy atom. The summed E-state index contributed by atoms with van der Waals surface area (Å²) in [6.07, 6.45) is 37.1. The quantitative estimate of drug-likeness (QED) is 0.0406. The van der Waals surface area contributed by atoms with E-state index in [-0.39, 0.29) is 5.41 Å². The van der Waals surface area contributed by atoms with Gasteiger partial charge in [0.05, 0.1) is 0 Å². The highest BCUT2D eigenvalue weighted by molar-refractivity contribution is 5.51. The van der Waals surface area contributed by atoms with Gasteiger partial charge in [-0.25, -0.2) is 0 Å². The minimum Gasteiger partial charge on any atom is -0.399 e. The summed E-state index contributed by atoms with van der Waals surface area (Å²) >= 11 is 0. The fraction of sp³-hybridized carbons (Fsp3) is 0.607. The van der Waals surface area contributed by atoms with Crippen LogP contribution in [0.25, 0.3) is 0 Å². The summed E-state index contributed by atoms with van der Waals surface area (Å²) in [5, 5.41) is 0. The molecule has 0 aliphatic heterocycles. The average Bonchev–Trinajstić information content (AvgIpc) is 3.29. The van der Waals surface area contributed by atoms with Crippen LogP contribution in [0.2, 0.25) is 0 Å². The van der Waals surface area contributed by atoms with E-state index in [4.69, 9.17) is 11.5 Å². The van der Waals surface area contributed by atoms with Gasteiger partial charge in [0.1, 0.15) is 0 Å². The highest BCUT2D eigenvalue weighted by Gasteiger charge is 2.42. The number of benzene rings is 4. The molecule has 2 unspecified atom stereocenters. The lowest BCUT2D eigenvalue weighted by atomic mass is 9.59. The SMILES string of the molecule is CCCCCCCCCC(c1ccc(C(CCCCCCCC)(c2ccc(C(CCCCCCCCC)c3ccc(N)cc3C)cc2)C2CCCCC2)cc1)c1ccc(N)cc1C. The zero-order valence-electron chi connectivity index (χ0n) is 41.3. The van der Waals surface area contributed by atoms with Gasteiger partial charge >= 0.3 is 0 Å². The molecule has 1 fully saturated rings. The normalized spacial score (nSPS) is 15.3. The molecule has 1 aliphatic carbocycles. The molecule has 1 saturated carbocycles. The summed E-state index contributed by atoms with van der Waals surface area (Å²) in [4.78, 5) is 0. The van der Waals surface area contributed by atoms with E-state index in [1.165, 1.54) is 213 Å². The Balaban J connectivity index is 1.51. The van der Waals surface area contributed by atoms with E-state index in [2.05, 4.69) is 120 Å². The molecule has 63 heavy (non-hydrogen) atoms. The summed E-state index contributed by atoms with van der Waals surface area (Å²) < 4.78 is 0. The summed E-state index contributed by atoms with van der Waals surface area (Å²) in [7, 11) is 0. The van der Waals surface area contributed by atoms with Crippen molar-refractivity contribution in [3.63, 3.8) is 0 Å². The molecule has 2 heteroatoms. The third kappa shape index (κ3) is 15.0. The van der Waals surface area contributed by atoms with Gasteiger partial charge in [0, 0.05) is 28.6 Å². The van der Waals surface area contributed by atoms with Crippen LogP contribution in [0.3, 0.4) is 0 Å². The summed E-state index contributed by atoms with van der Waals surface area (Å²) in [6, 6.07) is 33.9. The smallest absolute Gasteiger partial charge is 0.0316 e. The number of hydrogen-bond donors (Lipinski definition) is 2. The van der Waals surface area contributed by atoms with Crippen molar-refractivity contribution in [3.8, 4) is 0 Å². The number of anilines is 2. The van der Waals surface area contributed by atoms with Gasteiger partial charge < -0.3 is 11.5 Å². The Hall–Kier alpha value is -3.52. The monoisotopic (exact) mass is 853 g/mol. The number of nitrogen functional groups attached to an aromatic ring is 2. The third-order valence-corrected chi connectivity index (χ3v) is 15.4. The molecule has 0 radical (unpaired) electrons. The van der Waals surface area contributed by atoms with Gasteiger partial charge in [0.15, 0.2) is 0 Å². The molecule has 4 aromatic rings. The lowest BCUT2D eigenvalue weighted by Crippen LogP contribution is -2.38. The largest absolute Gasteiger partial charge is 0.399 e. The molecular formula is C61H92N2. The zero-order chi connectivity index (χ0) is 44.7. The first kappa shape index (κ1) is 50.5. The summed E-state index contributed by atoms with van der Waals surface area (Å²) in [5.41, 5.74) is 26.0. The van der Waals surface area contributed by atoms with Crippen molar-refractivity contribution < 1.29 is 0 Å². The standard InChI is InChI=1S/C61H92N2/c1-6-9-12-15-18-20-26-31-59(57-43-41-55(62)46-48(57)4)50-33-37-53(38-34-50)61(52-29-24-23-25-30-52,45-28-22-17-14-11-8-3)54-39-35-51(36-40-54)60(32-27-21-19-16-13-10-7-2)58-44-42-56(63)47-49(58)5/h33-44,46-47,52,59-60H,6-32,45,62-63H2,1-5H3. The Morgan fingerprint density at radius 1 is 0.444 bits per heavy atom. The molecule has 2 atom stereocenters. The molecule has 346 valence electrons. The van der Waals surface area contributed by atoms with Gasteiger partial charge in [0.2, 0.25) is 0 Å². The van der Waals surface area contributed by atoms with Crippen molar-refractivity contribution in [1.29, 1.82) is 0 Å². The van der Waals surface area contributed by atoms with E-state index in [0.717, 1.165) is 11.4 Å². The Bertz CT molecular complexity index is 1710. The van der Waals surface area contributed by atoms with Gasteiger partial charge in [-0.05, 0) is 121 Å². The predicted octanol–water partition coefficient (Wildman–Crippen LogP) is 18.6. The minimum absolute atomic E-state index is 0.0123. The first-order valence-corrected chi connectivity index (χ1v) is 26.7. The maximum atomic E-state index is 6.32. The van der Waals surface area contributed by atoms with Crippen molar-refractivity contribution in [1.82, 2.24) is 0 Å². The number of aryl methyl sites for hydroxylation is 2. The molecule has 2 nitrogen and oxygen atoms in total. The average molecular weight is 853 g/mol. The first-order valence-electron chi connectivity index (χ1n) is 26.7. The van der Waals surface area contributed by atoms with Gasteiger partial charge in [0.25, 0.3) is 0 Å². The second-order valence-electron chi connectivity index (χ2n) is 20.2. The molecule has 0 spiro atoms. The van der Waals surface area contributed by atoms with E-state index in [1.54, 1.807) is 11.1 Å². The van der Waals surface area contributed by atoms with Crippen LogP contribution in [-0.4, -0.2) is 0 Å². The second kappa shape index (κ2) is 27.7. The van der Waals surface area contributed by atoms with E-state index < -0.39 is 0 Å². The Kier molecular flexibility index (Phi) is 22.2. The van der Waals surface area contributed by atoms with Crippen LogP contribution in [0.5, 0.6) is 0 Å². The van der Waals surface area contributed by atoms with Crippen LogP contribution in [0.15, 0.2) is 84.9 Å². The van der Waals surface area contributed by atoms with Crippen molar-refractivity contribution >= 4 is 11.4 Å². The number of hydrogen-bond acceptors (Lipinski definition) is 2. The summed E-state index contributed by atoms with van der Waals surface area (Å²) in [6.45, 7) is 11.5. The topological polar surface area (TPSA) is 52.0 Å².